The molecule has 1 aromatic carbocycles. The first kappa shape index (κ1) is 16.5. The van der Waals surface area contributed by atoms with Crippen LogP contribution >= 0.6 is 0 Å². The zero-order valence-electron chi connectivity index (χ0n) is 14.8. The highest BCUT2D eigenvalue weighted by atomic mass is 16.7. The normalized spacial score (nSPS) is 20.4. The molecule has 0 aliphatic carbocycles. The summed E-state index contributed by atoms with van der Waals surface area (Å²) in [6, 6.07) is 6.00. The zero-order valence-corrected chi connectivity index (χ0v) is 14.8. The van der Waals surface area contributed by atoms with Crippen molar-refractivity contribution in [3.05, 3.63) is 24.5 Å². The van der Waals surface area contributed by atoms with E-state index in [4.69, 9.17) is 9.31 Å². The van der Waals surface area contributed by atoms with Crippen LogP contribution in [-0.4, -0.2) is 38.6 Å². The Morgan fingerprint density at radius 3 is 2.35 bits per heavy atom. The van der Waals surface area contributed by atoms with E-state index in [1.807, 2.05) is 50.5 Å². The Hall–Kier alpha value is -1.37. The van der Waals surface area contributed by atoms with Crippen molar-refractivity contribution >= 4 is 23.6 Å². The van der Waals surface area contributed by atoms with Crippen LogP contribution in [0.1, 0.15) is 41.5 Å². The van der Waals surface area contributed by atoms with Gasteiger partial charge in [0.1, 0.15) is 0 Å². The molecule has 2 aromatic rings. The molecule has 1 aromatic heterocycles. The number of aliphatic hydroxyl groups is 1. The minimum Gasteiger partial charge on any atom is -0.399 e. The van der Waals surface area contributed by atoms with Gasteiger partial charge in [0.15, 0.2) is 0 Å². The van der Waals surface area contributed by atoms with Crippen molar-refractivity contribution in [1.82, 2.24) is 9.55 Å². The molecule has 0 unspecified atom stereocenters. The summed E-state index contributed by atoms with van der Waals surface area (Å²) in [5.41, 5.74) is 1.32. The Balaban J connectivity index is 1.96. The summed E-state index contributed by atoms with van der Waals surface area (Å²) in [6.45, 7) is 12.2. The van der Waals surface area contributed by atoms with Gasteiger partial charge < -0.3 is 19.0 Å². The average Bonchev–Trinajstić information content (AvgIpc) is 2.86. The van der Waals surface area contributed by atoms with Gasteiger partial charge in [-0.25, -0.2) is 4.98 Å². The van der Waals surface area contributed by atoms with Crippen LogP contribution in [0.3, 0.4) is 0 Å². The predicted molar refractivity (Wildman–Crippen MR) is 91.7 cm³/mol. The van der Waals surface area contributed by atoms with Crippen molar-refractivity contribution < 1.29 is 14.4 Å². The van der Waals surface area contributed by atoms with Crippen LogP contribution in [0.25, 0.3) is 11.0 Å². The van der Waals surface area contributed by atoms with Gasteiger partial charge in [0.05, 0.1) is 40.7 Å². The Morgan fingerprint density at radius 2 is 1.78 bits per heavy atom. The molecule has 1 aliphatic rings. The first-order valence-electron chi connectivity index (χ1n) is 8.01. The van der Waals surface area contributed by atoms with Crippen LogP contribution in [-0.2, 0) is 15.9 Å². The summed E-state index contributed by atoms with van der Waals surface area (Å²) < 4.78 is 14.2. The highest BCUT2D eigenvalue weighted by Crippen LogP contribution is 2.36. The van der Waals surface area contributed by atoms with E-state index in [9.17, 15) is 5.11 Å². The summed E-state index contributed by atoms with van der Waals surface area (Å²) in [6.07, 6.45) is 1.76. The maximum absolute atomic E-state index is 10.1. The zero-order chi connectivity index (χ0) is 17.0. The lowest BCUT2D eigenvalue weighted by atomic mass is 9.79. The molecule has 5 nitrogen and oxygen atoms in total. The van der Waals surface area contributed by atoms with Gasteiger partial charge in [-0.15, -0.1) is 0 Å². The quantitative estimate of drug-likeness (QED) is 0.881. The molecule has 1 N–H and O–H groups in total. The number of hydrogen-bond acceptors (Lipinski definition) is 4. The Morgan fingerprint density at radius 1 is 1.17 bits per heavy atom. The molecular formula is C17H25BN2O3. The van der Waals surface area contributed by atoms with Crippen molar-refractivity contribution in [2.75, 3.05) is 0 Å². The van der Waals surface area contributed by atoms with Gasteiger partial charge >= 0.3 is 7.12 Å². The molecule has 23 heavy (non-hydrogen) atoms. The highest BCUT2D eigenvalue weighted by Gasteiger charge is 2.51. The molecule has 1 fully saturated rings. The van der Waals surface area contributed by atoms with Crippen LogP contribution in [0.5, 0.6) is 0 Å². The van der Waals surface area contributed by atoms with Crippen molar-refractivity contribution in [3.63, 3.8) is 0 Å². The van der Waals surface area contributed by atoms with E-state index in [-0.39, 0.29) is 11.2 Å². The van der Waals surface area contributed by atoms with E-state index in [0.29, 0.717) is 6.54 Å². The van der Waals surface area contributed by atoms with Crippen molar-refractivity contribution in [1.29, 1.82) is 0 Å². The first-order valence-corrected chi connectivity index (χ1v) is 8.01. The van der Waals surface area contributed by atoms with Crippen molar-refractivity contribution in [2.24, 2.45) is 0 Å². The van der Waals surface area contributed by atoms with E-state index in [1.165, 1.54) is 0 Å². The maximum Gasteiger partial charge on any atom is 0.494 e. The molecule has 0 spiro atoms. The van der Waals surface area contributed by atoms with E-state index < -0.39 is 12.7 Å². The molecule has 0 amide bonds. The third kappa shape index (κ3) is 3.03. The molecule has 1 aliphatic heterocycles. The van der Waals surface area contributed by atoms with Crippen LogP contribution in [0.4, 0.5) is 0 Å². The summed E-state index contributed by atoms with van der Waals surface area (Å²) >= 11 is 0. The number of benzene rings is 1. The van der Waals surface area contributed by atoms with E-state index >= 15 is 0 Å². The lowest BCUT2D eigenvalue weighted by Crippen LogP contribution is -2.41. The second kappa shape index (κ2) is 5.06. The van der Waals surface area contributed by atoms with Gasteiger partial charge in [-0.2, -0.15) is 0 Å². The maximum atomic E-state index is 10.1. The van der Waals surface area contributed by atoms with Gasteiger partial charge in [-0.1, -0.05) is 6.07 Å². The lowest BCUT2D eigenvalue weighted by molar-refractivity contribution is 0.00578. The van der Waals surface area contributed by atoms with Gasteiger partial charge in [0.2, 0.25) is 0 Å². The molecule has 124 valence electrons. The standard InChI is InChI=1S/C17H25BN2O3/c1-15(2,21)10-20-11-19-13-8-7-12(9-14(13)20)18-22-16(3,4)17(5,6)23-18/h7-9,11,21H,10H2,1-6H3. The van der Waals surface area contributed by atoms with E-state index in [2.05, 4.69) is 4.98 Å². The lowest BCUT2D eigenvalue weighted by Gasteiger charge is -2.32. The Bertz CT molecular complexity index is 715. The molecule has 0 bridgehead atoms. The second-order valence-corrected chi connectivity index (χ2v) is 8.02. The molecular weight excluding hydrogens is 291 g/mol. The van der Waals surface area contributed by atoms with Gasteiger partial charge in [-0.05, 0) is 59.1 Å². The van der Waals surface area contributed by atoms with Crippen LogP contribution in [0.15, 0.2) is 24.5 Å². The van der Waals surface area contributed by atoms with E-state index in [1.54, 1.807) is 20.2 Å². The fourth-order valence-electron chi connectivity index (χ4n) is 2.74. The van der Waals surface area contributed by atoms with E-state index in [0.717, 1.165) is 16.5 Å². The van der Waals surface area contributed by atoms with Crippen LogP contribution in [0, 0.1) is 0 Å². The summed E-state index contributed by atoms with van der Waals surface area (Å²) in [4.78, 5) is 4.40. The number of nitrogens with zero attached hydrogens (tertiary/aromatic N) is 2. The average molecular weight is 316 g/mol. The molecule has 3 rings (SSSR count). The number of hydrogen-bond donors (Lipinski definition) is 1. The SMILES string of the molecule is CC(C)(O)Cn1cnc2ccc(B3OC(C)(C)C(C)(C)O3)cc21. The van der Waals surface area contributed by atoms with Gasteiger partial charge in [-0.3, -0.25) is 0 Å². The third-order valence-electron chi connectivity index (χ3n) is 4.73. The molecule has 2 heterocycles. The highest BCUT2D eigenvalue weighted by molar-refractivity contribution is 6.62. The number of imidazole rings is 1. The van der Waals surface area contributed by atoms with Crippen LogP contribution in [0.2, 0.25) is 0 Å². The first-order chi connectivity index (χ1) is 10.5. The molecule has 0 radical (unpaired) electrons. The minimum atomic E-state index is -0.798. The summed E-state index contributed by atoms with van der Waals surface area (Å²) in [5, 5.41) is 10.1. The van der Waals surface area contributed by atoms with Gasteiger partial charge in [0, 0.05) is 0 Å². The molecule has 6 heteroatoms. The third-order valence-corrected chi connectivity index (χ3v) is 4.73. The van der Waals surface area contributed by atoms with Crippen LogP contribution < -0.4 is 5.46 Å². The molecule has 0 atom stereocenters. The van der Waals surface area contributed by atoms with Gasteiger partial charge in [0.25, 0.3) is 0 Å². The molecule has 1 saturated heterocycles. The Labute approximate surface area is 137 Å². The van der Waals surface area contributed by atoms with Crippen molar-refractivity contribution in [2.45, 2.75) is 64.9 Å². The summed E-state index contributed by atoms with van der Waals surface area (Å²) in [7, 11) is -0.394. The molecule has 0 saturated carbocycles. The monoisotopic (exact) mass is 316 g/mol. The second-order valence-electron chi connectivity index (χ2n) is 8.02. The topological polar surface area (TPSA) is 56.5 Å². The number of fused-ring (bicyclic) bond motifs is 1. The minimum absolute atomic E-state index is 0.361. The Kier molecular flexibility index (Phi) is 3.63. The fourth-order valence-corrected chi connectivity index (χ4v) is 2.74. The van der Waals surface area contributed by atoms with Crippen molar-refractivity contribution in [3.8, 4) is 0 Å². The predicted octanol–water partition coefficient (Wildman–Crippen LogP) is 2.11. The number of aromatic nitrogens is 2. The summed E-state index contributed by atoms with van der Waals surface area (Å²) in [5.74, 6) is 0. The number of rotatable bonds is 3. The smallest absolute Gasteiger partial charge is 0.399 e. The largest absolute Gasteiger partial charge is 0.494 e. The fraction of sp³-hybridized carbons (Fsp3) is 0.588.